The SMILES string of the molecule is CCc1cnc(N2CCCC2COc2ccc(B3OC(C)(C)C(C)(C)O3)cc2F)nc1. The normalized spacial score (nSPS) is 22.2. The Labute approximate surface area is 184 Å². The lowest BCUT2D eigenvalue weighted by Gasteiger charge is -2.32. The quantitative estimate of drug-likeness (QED) is 0.658. The first-order valence-electron chi connectivity index (χ1n) is 11.1. The summed E-state index contributed by atoms with van der Waals surface area (Å²) in [5, 5.41) is 0. The van der Waals surface area contributed by atoms with Crippen molar-refractivity contribution >= 4 is 18.5 Å². The number of aryl methyl sites for hydroxylation is 1. The van der Waals surface area contributed by atoms with Gasteiger partial charge >= 0.3 is 7.12 Å². The number of nitrogens with zero attached hydrogens (tertiary/aromatic N) is 3. The van der Waals surface area contributed by atoms with Gasteiger partial charge in [0.1, 0.15) is 6.61 Å². The molecule has 2 aromatic rings. The molecule has 2 saturated heterocycles. The van der Waals surface area contributed by atoms with Crippen molar-refractivity contribution in [3.05, 3.63) is 42.0 Å². The summed E-state index contributed by atoms with van der Waals surface area (Å²) in [7, 11) is -0.595. The van der Waals surface area contributed by atoms with Gasteiger partial charge in [0.15, 0.2) is 11.6 Å². The van der Waals surface area contributed by atoms with Crippen molar-refractivity contribution < 1.29 is 18.4 Å². The Kier molecular flexibility index (Phi) is 5.96. The highest BCUT2D eigenvalue weighted by Gasteiger charge is 2.51. The van der Waals surface area contributed by atoms with Gasteiger partial charge in [0.2, 0.25) is 5.95 Å². The Morgan fingerprint density at radius 3 is 2.45 bits per heavy atom. The van der Waals surface area contributed by atoms with Crippen molar-refractivity contribution in [1.82, 2.24) is 9.97 Å². The summed E-state index contributed by atoms with van der Waals surface area (Å²) in [6.45, 7) is 11.3. The average molecular weight is 427 g/mol. The van der Waals surface area contributed by atoms with Crippen LogP contribution in [-0.2, 0) is 15.7 Å². The Balaban J connectivity index is 1.40. The minimum absolute atomic E-state index is 0.120. The molecule has 2 aliphatic heterocycles. The third kappa shape index (κ3) is 4.41. The van der Waals surface area contributed by atoms with E-state index in [-0.39, 0.29) is 11.8 Å². The smallest absolute Gasteiger partial charge is 0.488 e. The van der Waals surface area contributed by atoms with Crippen molar-refractivity contribution in [2.24, 2.45) is 0 Å². The van der Waals surface area contributed by atoms with Gasteiger partial charge in [0.25, 0.3) is 0 Å². The first-order chi connectivity index (χ1) is 14.7. The maximum absolute atomic E-state index is 14.8. The minimum atomic E-state index is -0.595. The summed E-state index contributed by atoms with van der Waals surface area (Å²) >= 11 is 0. The van der Waals surface area contributed by atoms with Gasteiger partial charge in [-0.1, -0.05) is 13.0 Å². The van der Waals surface area contributed by atoms with Crippen molar-refractivity contribution in [2.45, 2.75) is 71.1 Å². The molecule has 0 amide bonds. The van der Waals surface area contributed by atoms with E-state index < -0.39 is 24.1 Å². The van der Waals surface area contributed by atoms with Gasteiger partial charge in [-0.2, -0.15) is 0 Å². The van der Waals surface area contributed by atoms with Crippen LogP contribution in [0.5, 0.6) is 5.75 Å². The van der Waals surface area contributed by atoms with E-state index in [9.17, 15) is 4.39 Å². The summed E-state index contributed by atoms with van der Waals surface area (Å²) in [5.74, 6) is 0.523. The molecule has 8 heteroatoms. The van der Waals surface area contributed by atoms with Crippen molar-refractivity contribution in [2.75, 3.05) is 18.1 Å². The lowest BCUT2D eigenvalue weighted by molar-refractivity contribution is 0.00578. The molecule has 2 fully saturated rings. The second kappa shape index (κ2) is 8.39. The van der Waals surface area contributed by atoms with Crippen molar-refractivity contribution in [1.29, 1.82) is 0 Å². The molecule has 0 bridgehead atoms. The third-order valence-corrected chi connectivity index (χ3v) is 6.65. The Hall–Kier alpha value is -2.19. The van der Waals surface area contributed by atoms with Crippen molar-refractivity contribution in [3.63, 3.8) is 0 Å². The second-order valence-electron chi connectivity index (χ2n) is 9.32. The molecule has 1 atom stereocenters. The summed E-state index contributed by atoms with van der Waals surface area (Å²) in [4.78, 5) is 11.1. The van der Waals surface area contributed by atoms with Gasteiger partial charge in [-0.25, -0.2) is 14.4 Å². The predicted molar refractivity (Wildman–Crippen MR) is 119 cm³/mol. The molecule has 0 N–H and O–H groups in total. The number of ether oxygens (including phenoxy) is 1. The van der Waals surface area contributed by atoms with Crippen LogP contribution in [0, 0.1) is 5.82 Å². The fourth-order valence-corrected chi connectivity index (χ4v) is 3.90. The highest BCUT2D eigenvalue weighted by molar-refractivity contribution is 6.62. The molecule has 1 aromatic carbocycles. The molecule has 0 saturated carbocycles. The van der Waals surface area contributed by atoms with Gasteiger partial charge < -0.3 is 18.9 Å². The number of anilines is 1. The fraction of sp³-hybridized carbons (Fsp3) is 0.565. The monoisotopic (exact) mass is 427 g/mol. The predicted octanol–water partition coefficient (Wildman–Crippen LogP) is 3.53. The lowest BCUT2D eigenvalue weighted by Crippen LogP contribution is -2.41. The third-order valence-electron chi connectivity index (χ3n) is 6.65. The van der Waals surface area contributed by atoms with E-state index in [1.807, 2.05) is 40.1 Å². The number of rotatable bonds is 6. The molecule has 0 aliphatic carbocycles. The van der Waals surface area contributed by atoms with Crippen LogP contribution >= 0.6 is 0 Å². The molecule has 166 valence electrons. The van der Waals surface area contributed by atoms with E-state index in [1.165, 1.54) is 6.07 Å². The Bertz CT molecular complexity index is 907. The number of halogens is 1. The molecular weight excluding hydrogens is 396 g/mol. The fourth-order valence-electron chi connectivity index (χ4n) is 3.90. The molecule has 0 spiro atoms. The maximum Gasteiger partial charge on any atom is 0.494 e. The van der Waals surface area contributed by atoms with Crippen LogP contribution in [0.25, 0.3) is 0 Å². The molecular formula is C23H31BFN3O3. The molecule has 6 nitrogen and oxygen atoms in total. The average Bonchev–Trinajstić information content (AvgIpc) is 3.28. The first-order valence-corrected chi connectivity index (χ1v) is 11.1. The zero-order chi connectivity index (χ0) is 22.2. The van der Waals surface area contributed by atoms with E-state index in [1.54, 1.807) is 12.1 Å². The molecule has 3 heterocycles. The summed E-state index contributed by atoms with van der Waals surface area (Å²) in [6, 6.07) is 5.02. The molecule has 2 aliphatic rings. The number of benzene rings is 1. The highest BCUT2D eigenvalue weighted by atomic mass is 19.1. The van der Waals surface area contributed by atoms with E-state index >= 15 is 0 Å². The van der Waals surface area contributed by atoms with E-state index in [0.29, 0.717) is 18.0 Å². The van der Waals surface area contributed by atoms with E-state index in [0.717, 1.165) is 31.4 Å². The van der Waals surface area contributed by atoms with Crippen molar-refractivity contribution in [3.8, 4) is 5.75 Å². The summed E-state index contributed by atoms with van der Waals surface area (Å²) < 4.78 is 32.7. The highest BCUT2D eigenvalue weighted by Crippen LogP contribution is 2.36. The van der Waals surface area contributed by atoms with E-state index in [4.69, 9.17) is 14.0 Å². The van der Waals surface area contributed by atoms with Crippen LogP contribution in [0.1, 0.15) is 53.0 Å². The zero-order valence-corrected chi connectivity index (χ0v) is 19.0. The van der Waals surface area contributed by atoms with Crippen LogP contribution in [0.2, 0.25) is 0 Å². The molecule has 0 radical (unpaired) electrons. The van der Waals surface area contributed by atoms with Crippen LogP contribution in [-0.4, -0.2) is 47.5 Å². The maximum atomic E-state index is 14.8. The van der Waals surface area contributed by atoms with Gasteiger partial charge in [-0.05, 0) is 70.1 Å². The van der Waals surface area contributed by atoms with Gasteiger partial charge in [-0.15, -0.1) is 0 Å². The molecule has 31 heavy (non-hydrogen) atoms. The molecule has 4 rings (SSSR count). The number of hydrogen-bond donors (Lipinski definition) is 0. The lowest BCUT2D eigenvalue weighted by atomic mass is 9.79. The van der Waals surface area contributed by atoms with Crippen LogP contribution in [0.15, 0.2) is 30.6 Å². The minimum Gasteiger partial charge on any atom is -0.488 e. The molecule has 1 unspecified atom stereocenters. The van der Waals surface area contributed by atoms with Gasteiger partial charge in [0.05, 0.1) is 17.2 Å². The topological polar surface area (TPSA) is 56.7 Å². The number of aromatic nitrogens is 2. The van der Waals surface area contributed by atoms with Crippen LogP contribution in [0.3, 0.4) is 0 Å². The molecule has 1 aromatic heterocycles. The standard InChI is InChI=1S/C23H31BFN3O3/c1-6-16-13-26-21(27-14-16)28-11-7-8-18(28)15-29-20-10-9-17(12-19(20)25)24-30-22(2,3)23(4,5)31-24/h9-10,12-14,18H,6-8,11,15H2,1-5H3. The Morgan fingerprint density at radius 2 is 1.84 bits per heavy atom. The summed E-state index contributed by atoms with van der Waals surface area (Å²) in [5.41, 5.74) is 0.828. The number of hydrogen-bond acceptors (Lipinski definition) is 6. The summed E-state index contributed by atoms with van der Waals surface area (Å²) in [6.07, 6.45) is 6.65. The van der Waals surface area contributed by atoms with Gasteiger partial charge in [0, 0.05) is 18.9 Å². The Morgan fingerprint density at radius 1 is 1.16 bits per heavy atom. The van der Waals surface area contributed by atoms with E-state index in [2.05, 4.69) is 21.8 Å². The second-order valence-corrected chi connectivity index (χ2v) is 9.32. The van der Waals surface area contributed by atoms with Crippen LogP contribution < -0.4 is 15.1 Å². The largest absolute Gasteiger partial charge is 0.494 e. The van der Waals surface area contributed by atoms with Gasteiger partial charge in [-0.3, -0.25) is 0 Å². The van der Waals surface area contributed by atoms with Crippen LogP contribution in [0.4, 0.5) is 10.3 Å². The zero-order valence-electron chi connectivity index (χ0n) is 19.0. The first kappa shape index (κ1) is 22.0.